The topological polar surface area (TPSA) is 75.3 Å². The Bertz CT molecular complexity index is 1210. The van der Waals surface area contributed by atoms with Crippen LogP contribution in [0.3, 0.4) is 0 Å². The first-order valence-electron chi connectivity index (χ1n) is 9.77. The average Bonchev–Trinajstić information content (AvgIpc) is 2.67. The maximum absolute atomic E-state index is 13.3. The lowest BCUT2D eigenvalue weighted by molar-refractivity contribution is 0.102. The van der Waals surface area contributed by atoms with Crippen LogP contribution in [-0.4, -0.2) is 14.3 Å². The van der Waals surface area contributed by atoms with Gasteiger partial charge >= 0.3 is 0 Å². The molecule has 0 fully saturated rings. The van der Waals surface area contributed by atoms with Crippen LogP contribution in [0.2, 0.25) is 0 Å². The van der Waals surface area contributed by atoms with Gasteiger partial charge in [0.2, 0.25) is 0 Å². The fraction of sp³-hybridized carbons (Fsp3) is 0.208. The molecular weight excluding hydrogens is 415 g/mol. The Morgan fingerprint density at radius 1 is 0.903 bits per heavy atom. The van der Waals surface area contributed by atoms with E-state index in [1.807, 2.05) is 12.1 Å². The van der Waals surface area contributed by atoms with E-state index in [0.29, 0.717) is 16.8 Å². The minimum atomic E-state index is -3.91. The van der Waals surface area contributed by atoms with Crippen molar-refractivity contribution < 1.29 is 17.6 Å². The zero-order valence-corrected chi connectivity index (χ0v) is 18.7. The second-order valence-electron chi connectivity index (χ2n) is 8.38. The van der Waals surface area contributed by atoms with Gasteiger partial charge in [-0.05, 0) is 72.0 Å². The lowest BCUT2D eigenvalue weighted by atomic mass is 9.87. The SMILES string of the molecule is Cc1cc(F)ccc1S(=O)(=O)Nc1cccc(NC(=O)c2ccc(C(C)(C)C)cc2)c1. The van der Waals surface area contributed by atoms with Crippen LogP contribution < -0.4 is 10.0 Å². The standard InChI is InChI=1S/C24H25FN2O3S/c1-16-14-19(25)12-13-22(16)31(29,30)27-21-7-5-6-20(15-21)26-23(28)17-8-10-18(11-9-17)24(2,3)4/h5-15,27H,1-4H3,(H,26,28). The van der Waals surface area contributed by atoms with E-state index in [1.165, 1.54) is 19.1 Å². The largest absolute Gasteiger partial charge is 0.322 e. The smallest absolute Gasteiger partial charge is 0.262 e. The minimum absolute atomic E-state index is 0.0105. The Balaban J connectivity index is 1.76. The highest BCUT2D eigenvalue weighted by atomic mass is 32.2. The van der Waals surface area contributed by atoms with Crippen molar-refractivity contribution in [3.63, 3.8) is 0 Å². The van der Waals surface area contributed by atoms with E-state index in [-0.39, 0.29) is 21.9 Å². The molecule has 0 spiro atoms. The monoisotopic (exact) mass is 440 g/mol. The Morgan fingerprint density at radius 3 is 2.16 bits per heavy atom. The second kappa shape index (κ2) is 8.51. The number of rotatable bonds is 5. The van der Waals surface area contributed by atoms with E-state index in [0.717, 1.165) is 17.7 Å². The molecule has 0 saturated carbocycles. The first kappa shape index (κ1) is 22.5. The summed E-state index contributed by atoms with van der Waals surface area (Å²) in [6.45, 7) is 7.82. The second-order valence-corrected chi connectivity index (χ2v) is 10.0. The van der Waals surface area contributed by atoms with E-state index in [1.54, 1.807) is 30.3 Å². The number of anilines is 2. The molecule has 0 unspecified atom stereocenters. The van der Waals surface area contributed by atoms with Gasteiger partial charge < -0.3 is 5.32 Å². The van der Waals surface area contributed by atoms with Gasteiger partial charge in [-0.15, -0.1) is 0 Å². The van der Waals surface area contributed by atoms with Crippen molar-refractivity contribution in [2.75, 3.05) is 10.0 Å². The molecule has 2 N–H and O–H groups in total. The van der Waals surface area contributed by atoms with Gasteiger partial charge in [-0.1, -0.05) is 39.0 Å². The molecule has 31 heavy (non-hydrogen) atoms. The predicted molar refractivity (Wildman–Crippen MR) is 121 cm³/mol. The van der Waals surface area contributed by atoms with Crippen LogP contribution in [0.1, 0.15) is 42.3 Å². The lowest BCUT2D eigenvalue weighted by Crippen LogP contribution is -2.16. The van der Waals surface area contributed by atoms with E-state index in [2.05, 4.69) is 30.8 Å². The molecule has 3 aromatic carbocycles. The third-order valence-corrected chi connectivity index (χ3v) is 6.35. The van der Waals surface area contributed by atoms with Gasteiger partial charge in [0.1, 0.15) is 5.82 Å². The van der Waals surface area contributed by atoms with Gasteiger partial charge in [-0.25, -0.2) is 12.8 Å². The van der Waals surface area contributed by atoms with Crippen molar-refractivity contribution >= 4 is 27.3 Å². The zero-order chi connectivity index (χ0) is 22.8. The molecule has 0 saturated heterocycles. The summed E-state index contributed by atoms with van der Waals surface area (Å²) in [6, 6.07) is 17.3. The Morgan fingerprint density at radius 2 is 1.55 bits per heavy atom. The molecule has 0 bridgehead atoms. The van der Waals surface area contributed by atoms with E-state index in [4.69, 9.17) is 0 Å². The molecule has 3 rings (SSSR count). The van der Waals surface area contributed by atoms with Crippen molar-refractivity contribution in [3.8, 4) is 0 Å². The van der Waals surface area contributed by atoms with Crippen molar-refractivity contribution in [2.45, 2.75) is 38.0 Å². The third kappa shape index (κ3) is 5.49. The molecule has 0 atom stereocenters. The summed E-state index contributed by atoms with van der Waals surface area (Å²) in [5.41, 5.74) is 2.64. The van der Waals surface area contributed by atoms with Gasteiger partial charge in [-0.2, -0.15) is 0 Å². The quantitative estimate of drug-likeness (QED) is 0.551. The predicted octanol–water partition coefficient (Wildman–Crippen LogP) is 5.48. The van der Waals surface area contributed by atoms with Gasteiger partial charge in [-0.3, -0.25) is 9.52 Å². The average molecular weight is 441 g/mol. The van der Waals surface area contributed by atoms with Crippen molar-refractivity contribution in [2.24, 2.45) is 0 Å². The van der Waals surface area contributed by atoms with Gasteiger partial charge in [0, 0.05) is 11.3 Å². The number of sulfonamides is 1. The number of benzene rings is 3. The highest BCUT2D eigenvalue weighted by molar-refractivity contribution is 7.92. The molecule has 7 heteroatoms. The van der Waals surface area contributed by atoms with Crippen LogP contribution >= 0.6 is 0 Å². The molecule has 0 aliphatic rings. The fourth-order valence-electron chi connectivity index (χ4n) is 3.11. The van der Waals surface area contributed by atoms with Gasteiger partial charge in [0.25, 0.3) is 15.9 Å². The maximum atomic E-state index is 13.3. The number of aryl methyl sites for hydroxylation is 1. The summed E-state index contributed by atoms with van der Waals surface area (Å²) in [5.74, 6) is -0.800. The Hall–Kier alpha value is -3.19. The Kier molecular flexibility index (Phi) is 6.18. The normalized spacial score (nSPS) is 11.8. The van der Waals surface area contributed by atoms with Gasteiger partial charge in [0.05, 0.1) is 10.6 Å². The third-order valence-electron chi connectivity index (χ3n) is 4.81. The molecule has 162 valence electrons. The van der Waals surface area contributed by atoms with Crippen LogP contribution in [0.4, 0.5) is 15.8 Å². The van der Waals surface area contributed by atoms with Crippen LogP contribution in [0.15, 0.2) is 71.6 Å². The first-order valence-corrected chi connectivity index (χ1v) is 11.2. The van der Waals surface area contributed by atoms with Crippen molar-refractivity contribution in [1.29, 1.82) is 0 Å². The summed E-state index contributed by atoms with van der Waals surface area (Å²) < 4.78 is 41.1. The molecule has 0 radical (unpaired) electrons. The number of carbonyl (C=O) groups excluding carboxylic acids is 1. The zero-order valence-electron chi connectivity index (χ0n) is 17.9. The van der Waals surface area contributed by atoms with Crippen LogP contribution in [0.25, 0.3) is 0 Å². The Labute approximate surface area is 182 Å². The highest BCUT2D eigenvalue weighted by Crippen LogP contribution is 2.24. The molecule has 1 amide bonds. The lowest BCUT2D eigenvalue weighted by Gasteiger charge is -2.19. The van der Waals surface area contributed by atoms with E-state index >= 15 is 0 Å². The van der Waals surface area contributed by atoms with Crippen molar-refractivity contribution in [1.82, 2.24) is 0 Å². The number of amides is 1. The molecule has 0 aromatic heterocycles. The van der Waals surface area contributed by atoms with E-state index in [9.17, 15) is 17.6 Å². The summed E-state index contributed by atoms with van der Waals surface area (Å²) in [5, 5.41) is 2.78. The molecule has 0 aliphatic carbocycles. The number of carbonyl (C=O) groups is 1. The molecular formula is C24H25FN2O3S. The van der Waals surface area contributed by atoms with Crippen LogP contribution in [0, 0.1) is 12.7 Å². The fourth-order valence-corrected chi connectivity index (χ4v) is 4.39. The summed E-state index contributed by atoms with van der Waals surface area (Å²) in [7, 11) is -3.91. The van der Waals surface area contributed by atoms with Crippen molar-refractivity contribution in [3.05, 3.63) is 89.2 Å². The van der Waals surface area contributed by atoms with Gasteiger partial charge in [0.15, 0.2) is 0 Å². The number of hydrogen-bond donors (Lipinski definition) is 2. The van der Waals surface area contributed by atoms with E-state index < -0.39 is 15.8 Å². The number of nitrogens with one attached hydrogen (secondary N) is 2. The number of hydrogen-bond acceptors (Lipinski definition) is 3. The van der Waals surface area contributed by atoms with Crippen LogP contribution in [0.5, 0.6) is 0 Å². The summed E-state index contributed by atoms with van der Waals surface area (Å²) in [6.07, 6.45) is 0. The molecule has 5 nitrogen and oxygen atoms in total. The van der Waals surface area contributed by atoms with Crippen LogP contribution in [-0.2, 0) is 15.4 Å². The molecule has 0 heterocycles. The maximum Gasteiger partial charge on any atom is 0.262 e. The summed E-state index contributed by atoms with van der Waals surface area (Å²) >= 11 is 0. The minimum Gasteiger partial charge on any atom is -0.322 e. The first-order chi connectivity index (χ1) is 14.5. The molecule has 0 aliphatic heterocycles. The highest BCUT2D eigenvalue weighted by Gasteiger charge is 2.18. The number of halogens is 1. The molecule has 3 aromatic rings. The summed E-state index contributed by atoms with van der Waals surface area (Å²) in [4.78, 5) is 12.6.